The van der Waals surface area contributed by atoms with Gasteiger partial charge in [0, 0.05) is 139 Å². The largest absolute Gasteiger partial charge is 0.450 e. The summed E-state index contributed by atoms with van der Waals surface area (Å²) >= 11 is 12.8. The van der Waals surface area contributed by atoms with Crippen LogP contribution in [0, 0.1) is 17.9 Å². The minimum Gasteiger partial charge on any atom is -0.450 e. The topological polar surface area (TPSA) is 145 Å². The molecular formula is C34H30B15Br4N2O8S. The van der Waals surface area contributed by atoms with Crippen molar-refractivity contribution in [2.75, 3.05) is 6.26 Å². The van der Waals surface area contributed by atoms with Gasteiger partial charge in [0.1, 0.15) is 17.3 Å². The van der Waals surface area contributed by atoms with Crippen LogP contribution < -0.4 is 0 Å². The van der Waals surface area contributed by atoms with Gasteiger partial charge in [-0.05, 0) is 157 Å². The molecule has 0 fully saturated rings. The molecule has 3 aromatic rings. The number of rotatable bonds is 8. The first-order chi connectivity index (χ1) is 29.8. The van der Waals surface area contributed by atoms with Crippen molar-refractivity contribution >= 4 is 205 Å². The molecule has 0 unspecified atom stereocenters. The molecule has 0 saturated carbocycles. The molecule has 0 bridgehead atoms. The van der Waals surface area contributed by atoms with Crippen LogP contribution in [0.5, 0.6) is 0 Å². The Bertz CT molecular complexity index is 2350. The van der Waals surface area contributed by atoms with Crippen LogP contribution in [0.2, 0.25) is 0 Å². The van der Waals surface area contributed by atoms with Crippen LogP contribution in [0.3, 0.4) is 0 Å². The van der Waals surface area contributed by atoms with Gasteiger partial charge in [0.25, 0.3) is 5.70 Å². The van der Waals surface area contributed by atoms with Crippen LogP contribution in [0.1, 0.15) is 70.8 Å². The maximum absolute atomic E-state index is 11.3. The zero-order valence-electron chi connectivity index (χ0n) is 35.4. The second kappa shape index (κ2) is 29.5. The van der Waals surface area contributed by atoms with Gasteiger partial charge in [-0.2, -0.15) is 8.42 Å². The molecule has 10 nitrogen and oxygen atoms in total. The second-order valence-electron chi connectivity index (χ2n) is 13.8. The summed E-state index contributed by atoms with van der Waals surface area (Å²) in [6.45, 7) is 12.4. The highest BCUT2D eigenvalue weighted by molar-refractivity contribution is 9.11. The van der Waals surface area contributed by atoms with Crippen LogP contribution in [0.15, 0.2) is 102 Å². The number of Topliss-reactive ketones (excluding diaryl/α,β-unsaturated/α-hetero) is 2. The molecule has 3 aromatic heterocycles. The van der Waals surface area contributed by atoms with Gasteiger partial charge in [0.15, 0.2) is 30.2 Å². The Morgan fingerprint density at radius 3 is 1.39 bits per heavy atom. The number of nitriles is 1. The van der Waals surface area contributed by atoms with Crippen molar-refractivity contribution < 1.29 is 35.4 Å². The molecule has 64 heavy (non-hydrogen) atoms. The molecule has 0 atom stereocenters. The lowest BCUT2D eigenvalue weighted by Gasteiger charge is -2.13. The van der Waals surface area contributed by atoms with E-state index in [2.05, 4.69) is 72.7 Å². The molecule has 6 rings (SSSR count). The number of carbonyl (C=O) groups excluding carboxylic acids is 2. The van der Waals surface area contributed by atoms with Gasteiger partial charge >= 0.3 is 10.1 Å². The number of hydrogen-bond donors (Lipinski definition) is 0. The van der Waals surface area contributed by atoms with Crippen LogP contribution >= 0.6 is 63.7 Å². The molecule has 0 amide bonds. The average molecular weight is 1110 g/mol. The van der Waals surface area contributed by atoms with Crippen molar-refractivity contribution in [1.82, 2.24) is 0 Å². The van der Waals surface area contributed by atoms with Crippen molar-refractivity contribution in [3.8, 4) is 6.07 Å². The summed E-state index contributed by atoms with van der Waals surface area (Å²) in [6.07, 6.45) is 2.02. The zero-order chi connectivity index (χ0) is 49.1. The number of carbonyl (C=O) groups is 2. The third-order valence-electron chi connectivity index (χ3n) is 9.01. The van der Waals surface area contributed by atoms with E-state index in [1.807, 2.05) is 56.3 Å². The van der Waals surface area contributed by atoms with Gasteiger partial charge in [-0.3, -0.25) is 9.59 Å². The van der Waals surface area contributed by atoms with Crippen LogP contribution in [0.25, 0.3) is 16.0 Å². The van der Waals surface area contributed by atoms with Crippen molar-refractivity contribution in [2.45, 2.75) is 59.3 Å². The second-order valence-corrected chi connectivity index (χ2v) is 18.5. The summed E-state index contributed by atoms with van der Waals surface area (Å²) in [7, 11) is 43.9. The fourth-order valence-corrected chi connectivity index (χ4v) is 7.35. The molecule has 19 radical (unpaired) electrons. The fourth-order valence-electron chi connectivity index (χ4n) is 5.34. The van der Waals surface area contributed by atoms with Crippen molar-refractivity contribution in [2.24, 2.45) is 0 Å². The predicted molar refractivity (Wildman–Crippen MR) is 284 cm³/mol. The number of nitrogens with zero attached hydrogens (tertiary/aromatic N) is 2. The Labute approximate surface area is 425 Å². The maximum Gasteiger partial charge on any atom is 0.305 e. The van der Waals surface area contributed by atoms with E-state index in [1.54, 1.807) is 6.92 Å². The lowest BCUT2D eigenvalue weighted by molar-refractivity contribution is -0.115. The third kappa shape index (κ3) is 21.2. The van der Waals surface area contributed by atoms with Gasteiger partial charge in [-0.15, -0.1) is 0 Å². The smallest absolute Gasteiger partial charge is 0.305 e. The average Bonchev–Trinajstić information content (AvgIpc) is 4.11. The first-order valence-electron chi connectivity index (χ1n) is 18.9. The van der Waals surface area contributed by atoms with E-state index in [9.17, 15) is 18.0 Å². The van der Waals surface area contributed by atoms with Crippen molar-refractivity contribution in [3.63, 3.8) is 0 Å². The Balaban J connectivity index is 0.000000397. The third-order valence-corrected chi connectivity index (χ3v) is 11.2. The van der Waals surface area contributed by atoms with E-state index >= 15 is 0 Å². The highest BCUT2D eigenvalue weighted by atomic mass is 79.9. The monoisotopic (exact) mass is 1110 g/mol. The Kier molecular flexibility index (Phi) is 27.6. The van der Waals surface area contributed by atoms with E-state index in [1.165, 1.54) is 7.06 Å². The van der Waals surface area contributed by atoms with Gasteiger partial charge < -0.3 is 17.4 Å². The van der Waals surface area contributed by atoms with Gasteiger partial charge in [0.05, 0.1) is 18.9 Å². The number of allylic oxidation sites excluding steroid dienone is 8. The van der Waals surface area contributed by atoms with Gasteiger partial charge in [-0.1, -0.05) is 5.57 Å². The summed E-state index contributed by atoms with van der Waals surface area (Å²) in [5.41, 5.74) is 5.47. The quantitative estimate of drug-likeness (QED) is 0.129. The maximum atomic E-state index is 11.3. The van der Waals surface area contributed by atoms with Crippen LogP contribution in [-0.2, 0) is 23.9 Å². The number of hydrogen-bond acceptors (Lipinski definition) is 9. The molecule has 0 aromatic carbocycles. The number of furan rings is 3. The summed E-state index contributed by atoms with van der Waals surface area (Å²) in [6, 6.07) is 13.1. The van der Waals surface area contributed by atoms with E-state index < -0.39 is 35.7 Å². The first-order valence-corrected chi connectivity index (χ1v) is 23.8. The lowest BCUT2D eigenvalue weighted by atomic mass is 8.68. The minimum atomic E-state index is -3.47. The molecule has 3 aliphatic carbocycles. The lowest BCUT2D eigenvalue weighted by Crippen LogP contribution is -2.52. The fraction of sp³-hybridized carbons (Fsp3) is 0.294. The molecule has 0 saturated heterocycles. The van der Waals surface area contributed by atoms with E-state index in [0.29, 0.717) is 39.9 Å². The summed E-state index contributed by atoms with van der Waals surface area (Å²) in [5, 5.41) is 8.89. The summed E-state index contributed by atoms with van der Waals surface area (Å²) < 4.78 is 44.7. The highest BCUT2D eigenvalue weighted by Gasteiger charge is 2.25. The predicted octanol–water partition coefficient (Wildman–Crippen LogP) is 5.18. The molecule has 0 aliphatic heterocycles. The molecular weight excluding hydrogens is 1080 g/mol. The zero-order valence-corrected chi connectivity index (χ0v) is 42.6. The van der Waals surface area contributed by atoms with Crippen molar-refractivity contribution in [3.05, 3.63) is 112 Å². The van der Waals surface area contributed by atoms with E-state index in [0.717, 1.165) is 74.2 Å². The molecule has 0 spiro atoms. The number of halogens is 4. The Morgan fingerprint density at radius 2 is 1.12 bits per heavy atom. The highest BCUT2D eigenvalue weighted by Crippen LogP contribution is 2.40. The standard InChI is InChI=1S/C13H9BrN2O.C10H9BrO2.C7H10O4S.C4H2Br2O.B8.B7/c1-8-9(11(7-15)16-2)3-4-10(8)12-5-6-13(14)17-12;1-6-7(2-3-8(6)12)9-4-5-10(11)13-9;1-5-6(8)3-4-7(5)11-12(2,9)10;5-3-1-2-4(6)7-3;1-6(2)8(5)7(3)4;1-5-7(4)6(2)3/h5-6H,3-4H2,1H3;4-5H,2-3H2,1H3;3-4H2,1-2H3;1-2H;;/b11-9-;;;;;. The van der Waals surface area contributed by atoms with E-state index in [-0.39, 0.29) is 23.6 Å². The van der Waals surface area contributed by atoms with Crippen LogP contribution in [0.4, 0.5) is 0 Å². The van der Waals surface area contributed by atoms with Crippen LogP contribution in [-0.4, -0.2) is 135 Å². The number of ketones is 2. The van der Waals surface area contributed by atoms with Gasteiger partial charge in [0.2, 0.25) is 0 Å². The Hall–Kier alpha value is -2.24. The van der Waals surface area contributed by atoms with Crippen molar-refractivity contribution in [1.29, 1.82) is 5.26 Å². The Morgan fingerprint density at radius 1 is 0.703 bits per heavy atom. The molecule has 0 N–H and O–H groups in total. The summed E-state index contributed by atoms with van der Waals surface area (Å²) in [5.74, 6) is 2.13. The summed E-state index contributed by atoms with van der Waals surface area (Å²) in [4.78, 5) is 25.5. The minimum absolute atomic E-state index is 0.0337. The molecule has 3 heterocycles. The van der Waals surface area contributed by atoms with Gasteiger partial charge in [-0.25, -0.2) is 10.1 Å². The normalized spacial score (nSPS) is 14.6. The van der Waals surface area contributed by atoms with E-state index in [4.69, 9.17) is 94.7 Å². The first kappa shape index (κ1) is 59.8. The molecule has 303 valence electrons. The molecule has 30 heteroatoms. The molecule has 3 aliphatic rings. The SMILES string of the molecule is Brc1ccc(Br)o1.CC1=C(OS(C)(=O)=O)CCC1=O.CC1=C(c2ccc(Br)o2)CCC1=O.[B]B([B])B([B])B([B])[B].[B][B]B([B])B([B])[B].[C-]#[N+]/C(C#N)=C1/CCC(c2ccc(Br)o2)=C1C.